The fourth-order valence-corrected chi connectivity index (χ4v) is 3.37. The molecule has 2 rings (SSSR count). The normalized spacial score (nSPS) is 18.8. The zero-order chi connectivity index (χ0) is 13.0. The van der Waals surface area contributed by atoms with Crippen molar-refractivity contribution >= 4 is 0 Å². The first-order chi connectivity index (χ1) is 8.70. The van der Waals surface area contributed by atoms with E-state index >= 15 is 0 Å². The van der Waals surface area contributed by atoms with Gasteiger partial charge in [-0.05, 0) is 44.4 Å². The van der Waals surface area contributed by atoms with Crippen molar-refractivity contribution in [3.8, 4) is 0 Å². The van der Waals surface area contributed by atoms with Crippen LogP contribution in [0.4, 0.5) is 0 Å². The van der Waals surface area contributed by atoms with E-state index in [-0.39, 0.29) is 0 Å². The van der Waals surface area contributed by atoms with Crippen molar-refractivity contribution in [3.05, 3.63) is 34.9 Å². The molecule has 0 aromatic heterocycles. The molecule has 1 fully saturated rings. The Kier molecular flexibility index (Phi) is 4.82. The zero-order valence-electron chi connectivity index (χ0n) is 12.1. The quantitative estimate of drug-likeness (QED) is 0.821. The van der Waals surface area contributed by atoms with Gasteiger partial charge in [-0.25, -0.2) is 0 Å². The lowest BCUT2D eigenvalue weighted by Gasteiger charge is -2.27. The first-order valence-corrected chi connectivity index (χ1v) is 7.45. The largest absolute Gasteiger partial charge is 0.313 e. The molecule has 1 aliphatic carbocycles. The highest BCUT2D eigenvalue weighted by Gasteiger charge is 2.20. The molecule has 0 radical (unpaired) electrons. The summed E-state index contributed by atoms with van der Waals surface area (Å²) >= 11 is 0. The molecule has 100 valence electrons. The van der Waals surface area contributed by atoms with E-state index in [1.54, 1.807) is 0 Å². The molecule has 1 unspecified atom stereocenters. The molecule has 1 heteroatoms. The summed E-state index contributed by atoms with van der Waals surface area (Å²) in [6.07, 6.45) is 8.50. The van der Waals surface area contributed by atoms with Crippen molar-refractivity contribution in [2.75, 3.05) is 7.05 Å². The summed E-state index contributed by atoms with van der Waals surface area (Å²) in [4.78, 5) is 0. The van der Waals surface area contributed by atoms with Crippen molar-refractivity contribution in [1.29, 1.82) is 0 Å². The molecule has 1 saturated carbocycles. The monoisotopic (exact) mass is 245 g/mol. The Labute approximate surface area is 112 Å². The van der Waals surface area contributed by atoms with E-state index < -0.39 is 0 Å². The standard InChI is InChI=1S/C17H27N/c1-13-9-10-16(14(2)11-13)17(18-3)12-15-7-5-4-6-8-15/h9-11,15,17-18H,4-8,12H2,1-3H3. The Balaban J connectivity index is 2.07. The summed E-state index contributed by atoms with van der Waals surface area (Å²) in [5, 5.41) is 3.53. The van der Waals surface area contributed by atoms with Gasteiger partial charge in [0, 0.05) is 6.04 Å². The molecule has 0 heterocycles. The molecule has 0 bridgehead atoms. The van der Waals surface area contributed by atoms with Gasteiger partial charge in [-0.3, -0.25) is 0 Å². The predicted octanol–water partition coefficient (Wildman–Crippen LogP) is 4.53. The maximum atomic E-state index is 3.53. The third kappa shape index (κ3) is 3.35. The van der Waals surface area contributed by atoms with Crippen LogP contribution in [-0.4, -0.2) is 7.05 Å². The van der Waals surface area contributed by atoms with E-state index in [4.69, 9.17) is 0 Å². The maximum absolute atomic E-state index is 3.53. The summed E-state index contributed by atoms with van der Waals surface area (Å²) in [5.74, 6) is 0.928. The molecular formula is C17H27N. The summed E-state index contributed by atoms with van der Waals surface area (Å²) in [5.41, 5.74) is 4.29. The van der Waals surface area contributed by atoms with E-state index in [1.807, 2.05) is 0 Å². The van der Waals surface area contributed by atoms with Crippen molar-refractivity contribution in [1.82, 2.24) is 5.32 Å². The number of hydrogen-bond donors (Lipinski definition) is 1. The van der Waals surface area contributed by atoms with Gasteiger partial charge in [0.2, 0.25) is 0 Å². The molecule has 1 nitrogen and oxygen atoms in total. The second-order valence-corrected chi connectivity index (χ2v) is 5.94. The minimum atomic E-state index is 0.536. The van der Waals surface area contributed by atoms with Gasteiger partial charge in [0.05, 0.1) is 0 Å². The van der Waals surface area contributed by atoms with Crippen molar-refractivity contribution in [3.63, 3.8) is 0 Å². The number of hydrogen-bond acceptors (Lipinski definition) is 1. The van der Waals surface area contributed by atoms with Crippen LogP contribution >= 0.6 is 0 Å². The molecule has 1 aliphatic rings. The minimum Gasteiger partial charge on any atom is -0.313 e. The first-order valence-electron chi connectivity index (χ1n) is 7.45. The highest BCUT2D eigenvalue weighted by molar-refractivity contribution is 5.32. The Bertz CT molecular complexity index is 377. The van der Waals surface area contributed by atoms with Crippen LogP contribution in [0.3, 0.4) is 0 Å². The van der Waals surface area contributed by atoms with Gasteiger partial charge in [0.1, 0.15) is 0 Å². The highest BCUT2D eigenvalue weighted by atomic mass is 14.9. The lowest BCUT2D eigenvalue weighted by Crippen LogP contribution is -2.22. The highest BCUT2D eigenvalue weighted by Crippen LogP contribution is 2.32. The second-order valence-electron chi connectivity index (χ2n) is 5.94. The molecule has 0 saturated heterocycles. The third-order valence-corrected chi connectivity index (χ3v) is 4.44. The summed E-state index contributed by atoms with van der Waals surface area (Å²) in [6, 6.07) is 7.40. The molecule has 0 spiro atoms. The average Bonchev–Trinajstić information content (AvgIpc) is 2.38. The van der Waals surface area contributed by atoms with Crippen molar-refractivity contribution in [2.24, 2.45) is 5.92 Å². The van der Waals surface area contributed by atoms with E-state index in [0.29, 0.717) is 6.04 Å². The smallest absolute Gasteiger partial charge is 0.0322 e. The lowest BCUT2D eigenvalue weighted by atomic mass is 9.82. The Hall–Kier alpha value is -0.820. The van der Waals surface area contributed by atoms with Crippen LogP contribution in [0, 0.1) is 19.8 Å². The molecule has 1 N–H and O–H groups in total. The fraction of sp³-hybridized carbons (Fsp3) is 0.647. The number of aryl methyl sites for hydroxylation is 2. The zero-order valence-corrected chi connectivity index (χ0v) is 12.1. The predicted molar refractivity (Wildman–Crippen MR) is 78.9 cm³/mol. The summed E-state index contributed by atoms with van der Waals surface area (Å²) in [7, 11) is 2.10. The van der Waals surface area contributed by atoms with Gasteiger partial charge in [-0.2, -0.15) is 0 Å². The lowest BCUT2D eigenvalue weighted by molar-refractivity contribution is 0.305. The van der Waals surface area contributed by atoms with Crippen LogP contribution in [0.1, 0.15) is 61.3 Å². The van der Waals surface area contributed by atoms with Gasteiger partial charge >= 0.3 is 0 Å². The van der Waals surface area contributed by atoms with Gasteiger partial charge in [0.15, 0.2) is 0 Å². The van der Waals surface area contributed by atoms with Gasteiger partial charge < -0.3 is 5.32 Å². The molecule has 0 amide bonds. The van der Waals surface area contributed by atoms with E-state index in [1.165, 1.54) is 55.2 Å². The van der Waals surface area contributed by atoms with Crippen LogP contribution in [0.15, 0.2) is 18.2 Å². The molecule has 1 atom stereocenters. The summed E-state index contributed by atoms with van der Waals surface area (Å²) < 4.78 is 0. The SMILES string of the molecule is CNC(CC1CCCCC1)c1ccc(C)cc1C. The Morgan fingerprint density at radius 2 is 1.89 bits per heavy atom. The van der Waals surface area contributed by atoms with Crippen molar-refractivity contribution < 1.29 is 0 Å². The van der Waals surface area contributed by atoms with E-state index in [0.717, 1.165) is 5.92 Å². The van der Waals surface area contributed by atoms with Gasteiger partial charge in [-0.1, -0.05) is 55.9 Å². The molecule has 0 aliphatic heterocycles. The first kappa shape index (κ1) is 13.6. The van der Waals surface area contributed by atoms with Crippen LogP contribution in [0.5, 0.6) is 0 Å². The Morgan fingerprint density at radius 3 is 2.50 bits per heavy atom. The average molecular weight is 245 g/mol. The molecule has 1 aromatic rings. The van der Waals surface area contributed by atoms with Gasteiger partial charge in [0.25, 0.3) is 0 Å². The van der Waals surface area contributed by atoms with Crippen LogP contribution in [0.25, 0.3) is 0 Å². The van der Waals surface area contributed by atoms with Crippen LogP contribution < -0.4 is 5.32 Å². The van der Waals surface area contributed by atoms with Crippen LogP contribution in [0.2, 0.25) is 0 Å². The van der Waals surface area contributed by atoms with E-state index in [9.17, 15) is 0 Å². The number of nitrogens with one attached hydrogen (secondary N) is 1. The fourth-order valence-electron chi connectivity index (χ4n) is 3.37. The second kappa shape index (κ2) is 6.38. The van der Waals surface area contributed by atoms with Crippen LogP contribution in [-0.2, 0) is 0 Å². The molecule has 1 aromatic carbocycles. The topological polar surface area (TPSA) is 12.0 Å². The van der Waals surface area contributed by atoms with Crippen molar-refractivity contribution in [2.45, 2.75) is 58.4 Å². The molecular weight excluding hydrogens is 218 g/mol. The molecule has 18 heavy (non-hydrogen) atoms. The van der Waals surface area contributed by atoms with Gasteiger partial charge in [-0.15, -0.1) is 0 Å². The Morgan fingerprint density at radius 1 is 1.17 bits per heavy atom. The van der Waals surface area contributed by atoms with E-state index in [2.05, 4.69) is 44.4 Å². The minimum absolute atomic E-state index is 0.536. The third-order valence-electron chi connectivity index (χ3n) is 4.44. The number of benzene rings is 1. The maximum Gasteiger partial charge on any atom is 0.0322 e. The summed E-state index contributed by atoms with van der Waals surface area (Å²) in [6.45, 7) is 4.42. The number of rotatable bonds is 4.